The maximum atomic E-state index is 14.1. The minimum absolute atomic E-state index is 0.0693. The van der Waals surface area contributed by atoms with Crippen LogP contribution in [0.5, 0.6) is 0 Å². The molecule has 0 aliphatic carbocycles. The van der Waals surface area contributed by atoms with E-state index in [1.807, 2.05) is 0 Å². The molecule has 1 aliphatic heterocycles. The van der Waals surface area contributed by atoms with Gasteiger partial charge in [0.2, 0.25) is 10.0 Å². The minimum atomic E-state index is -3.74. The average Bonchev–Trinajstić information content (AvgIpc) is 2.67. The summed E-state index contributed by atoms with van der Waals surface area (Å²) < 4.78 is 40.6. The Kier molecular flexibility index (Phi) is 8.36. The molecule has 158 valence electrons. The molecule has 1 aromatic carbocycles. The minimum Gasteiger partial charge on any atom is -0.352 e. The molecule has 0 saturated carbocycles. The fraction of sp³-hybridized carbons (Fsp3) is 0.632. The van der Waals surface area contributed by atoms with E-state index in [0.29, 0.717) is 19.6 Å². The third-order valence-corrected chi connectivity index (χ3v) is 7.10. The van der Waals surface area contributed by atoms with Crippen LogP contribution in [-0.4, -0.2) is 87.8 Å². The molecule has 1 N–H and O–H groups in total. The lowest BCUT2D eigenvalue weighted by molar-refractivity contribution is 0.0945. The lowest BCUT2D eigenvalue weighted by atomic mass is 10.2. The molecule has 0 atom stereocenters. The van der Waals surface area contributed by atoms with Gasteiger partial charge in [-0.15, -0.1) is 0 Å². The van der Waals surface area contributed by atoms with Gasteiger partial charge in [-0.2, -0.15) is 4.31 Å². The van der Waals surface area contributed by atoms with Gasteiger partial charge in [0.05, 0.1) is 10.5 Å². The van der Waals surface area contributed by atoms with Gasteiger partial charge in [0, 0.05) is 45.8 Å². The molecule has 28 heavy (non-hydrogen) atoms. The fourth-order valence-electron chi connectivity index (χ4n) is 3.22. The van der Waals surface area contributed by atoms with Crippen molar-refractivity contribution in [1.29, 1.82) is 0 Å². The van der Waals surface area contributed by atoms with Crippen molar-refractivity contribution in [3.8, 4) is 0 Å². The van der Waals surface area contributed by atoms with Crippen molar-refractivity contribution in [3.05, 3.63) is 29.6 Å². The summed E-state index contributed by atoms with van der Waals surface area (Å²) in [7, 11) is -1.64. The second kappa shape index (κ2) is 10.3. The summed E-state index contributed by atoms with van der Waals surface area (Å²) in [4.78, 5) is 16.9. The predicted molar refractivity (Wildman–Crippen MR) is 107 cm³/mol. The van der Waals surface area contributed by atoms with Gasteiger partial charge in [-0.25, -0.2) is 12.8 Å². The first kappa shape index (κ1) is 22.7. The Hall–Kier alpha value is -1.55. The Bertz CT molecular complexity index is 760. The number of nitrogens with one attached hydrogen (secondary N) is 1. The zero-order valence-electron chi connectivity index (χ0n) is 16.9. The Morgan fingerprint density at radius 2 is 1.82 bits per heavy atom. The number of piperazine rings is 1. The monoisotopic (exact) mass is 414 g/mol. The summed E-state index contributed by atoms with van der Waals surface area (Å²) in [5, 5.41) is 2.70. The normalized spacial score (nSPS) is 16.5. The second-order valence-corrected chi connectivity index (χ2v) is 8.92. The smallest absolute Gasteiger partial charge is 0.254 e. The molecule has 1 fully saturated rings. The van der Waals surface area contributed by atoms with Gasteiger partial charge < -0.3 is 15.1 Å². The van der Waals surface area contributed by atoms with Crippen LogP contribution < -0.4 is 5.32 Å². The number of amides is 1. The quantitative estimate of drug-likeness (QED) is 0.615. The highest BCUT2D eigenvalue weighted by atomic mass is 32.2. The van der Waals surface area contributed by atoms with Crippen molar-refractivity contribution < 1.29 is 17.6 Å². The molecule has 0 spiro atoms. The molecule has 0 radical (unpaired) electrons. The van der Waals surface area contributed by atoms with Crippen LogP contribution in [0, 0.1) is 5.82 Å². The van der Waals surface area contributed by atoms with Crippen LogP contribution in [0.1, 0.15) is 30.6 Å². The summed E-state index contributed by atoms with van der Waals surface area (Å²) in [5.74, 6) is -1.32. The Labute approximate surface area is 167 Å². The first-order chi connectivity index (χ1) is 13.3. The van der Waals surface area contributed by atoms with Gasteiger partial charge in [-0.1, -0.05) is 13.8 Å². The number of benzene rings is 1. The first-order valence-electron chi connectivity index (χ1n) is 9.78. The Balaban J connectivity index is 1.95. The zero-order valence-corrected chi connectivity index (χ0v) is 17.8. The van der Waals surface area contributed by atoms with E-state index in [2.05, 4.69) is 22.2 Å². The van der Waals surface area contributed by atoms with Crippen molar-refractivity contribution in [2.45, 2.75) is 25.2 Å². The number of likely N-dealkylation sites (N-methyl/N-ethyl adjacent to an activating group) is 1. The third-order valence-electron chi connectivity index (χ3n) is 5.06. The summed E-state index contributed by atoms with van der Waals surface area (Å²) in [6.07, 6.45) is 0.758. The summed E-state index contributed by atoms with van der Waals surface area (Å²) in [6.45, 7) is 9.45. The highest BCUT2D eigenvalue weighted by Crippen LogP contribution is 2.19. The fourth-order valence-corrected chi connectivity index (χ4v) is 4.71. The van der Waals surface area contributed by atoms with Crippen LogP contribution in [0.2, 0.25) is 0 Å². The molecule has 9 heteroatoms. The lowest BCUT2D eigenvalue weighted by Gasteiger charge is -2.32. The molecule has 0 bridgehead atoms. The second-order valence-electron chi connectivity index (χ2n) is 6.99. The molecule has 2 rings (SSSR count). The number of sulfonamides is 1. The van der Waals surface area contributed by atoms with Gasteiger partial charge in [-0.05, 0) is 38.2 Å². The van der Waals surface area contributed by atoms with Crippen LogP contribution in [0.25, 0.3) is 0 Å². The number of rotatable bonds is 9. The molecule has 1 aliphatic rings. The largest absolute Gasteiger partial charge is 0.352 e. The van der Waals surface area contributed by atoms with Crippen LogP contribution >= 0.6 is 0 Å². The van der Waals surface area contributed by atoms with Crippen LogP contribution in [0.15, 0.2) is 23.1 Å². The van der Waals surface area contributed by atoms with Crippen molar-refractivity contribution in [2.75, 3.05) is 59.4 Å². The molecular weight excluding hydrogens is 383 g/mol. The summed E-state index contributed by atoms with van der Waals surface area (Å²) in [5.41, 5.74) is -0.243. The van der Waals surface area contributed by atoms with E-state index in [1.54, 1.807) is 13.8 Å². The molecule has 1 amide bonds. The topological polar surface area (TPSA) is 73.0 Å². The summed E-state index contributed by atoms with van der Waals surface area (Å²) in [6, 6.07) is 3.36. The van der Waals surface area contributed by atoms with Gasteiger partial charge >= 0.3 is 0 Å². The number of nitrogens with zero attached hydrogens (tertiary/aromatic N) is 3. The van der Waals surface area contributed by atoms with E-state index in [-0.39, 0.29) is 10.5 Å². The first-order valence-corrected chi connectivity index (χ1v) is 11.2. The maximum Gasteiger partial charge on any atom is 0.254 e. The zero-order chi connectivity index (χ0) is 20.7. The number of hydrogen-bond donors (Lipinski definition) is 1. The van der Waals surface area contributed by atoms with Crippen LogP contribution in [0.3, 0.4) is 0 Å². The van der Waals surface area contributed by atoms with Crippen molar-refractivity contribution in [2.24, 2.45) is 0 Å². The van der Waals surface area contributed by atoms with E-state index in [1.165, 1.54) is 10.4 Å². The number of halogens is 1. The van der Waals surface area contributed by atoms with Gasteiger partial charge in [0.25, 0.3) is 5.91 Å². The lowest BCUT2D eigenvalue weighted by Crippen LogP contribution is -2.45. The molecule has 0 unspecified atom stereocenters. The Morgan fingerprint density at radius 1 is 1.18 bits per heavy atom. The van der Waals surface area contributed by atoms with Gasteiger partial charge in [0.1, 0.15) is 5.82 Å². The standard InChI is InChI=1S/C19H31FN4O3S/c1-4-24(5-2)28(26,27)16-7-8-18(20)17(15-16)19(25)21-9-6-10-23-13-11-22(3)12-14-23/h7-8,15H,4-6,9-14H2,1-3H3,(H,21,25). The summed E-state index contributed by atoms with van der Waals surface area (Å²) >= 11 is 0. The molecule has 0 aromatic heterocycles. The van der Waals surface area contributed by atoms with E-state index in [0.717, 1.165) is 51.3 Å². The Morgan fingerprint density at radius 3 is 2.43 bits per heavy atom. The van der Waals surface area contributed by atoms with E-state index in [9.17, 15) is 17.6 Å². The molecular formula is C19H31FN4O3S. The van der Waals surface area contributed by atoms with E-state index >= 15 is 0 Å². The predicted octanol–water partition coefficient (Wildman–Crippen LogP) is 1.22. The molecule has 1 saturated heterocycles. The number of carbonyl (C=O) groups is 1. The highest BCUT2D eigenvalue weighted by Gasteiger charge is 2.24. The third kappa shape index (κ3) is 5.73. The van der Waals surface area contributed by atoms with Crippen molar-refractivity contribution >= 4 is 15.9 Å². The SMILES string of the molecule is CCN(CC)S(=O)(=O)c1ccc(F)c(C(=O)NCCCN2CCN(C)CC2)c1. The van der Waals surface area contributed by atoms with Gasteiger partial charge in [0.15, 0.2) is 0 Å². The highest BCUT2D eigenvalue weighted by molar-refractivity contribution is 7.89. The van der Waals surface area contributed by atoms with E-state index < -0.39 is 21.7 Å². The number of carbonyl (C=O) groups excluding carboxylic acids is 1. The van der Waals surface area contributed by atoms with Crippen molar-refractivity contribution in [1.82, 2.24) is 19.4 Å². The van der Waals surface area contributed by atoms with Crippen LogP contribution in [-0.2, 0) is 10.0 Å². The number of hydrogen-bond acceptors (Lipinski definition) is 5. The molecule has 7 nitrogen and oxygen atoms in total. The average molecular weight is 415 g/mol. The maximum absolute atomic E-state index is 14.1. The van der Waals surface area contributed by atoms with Gasteiger partial charge in [-0.3, -0.25) is 4.79 Å². The van der Waals surface area contributed by atoms with E-state index in [4.69, 9.17) is 0 Å². The molecule has 1 aromatic rings. The van der Waals surface area contributed by atoms with Crippen molar-refractivity contribution in [3.63, 3.8) is 0 Å². The van der Waals surface area contributed by atoms with Crippen LogP contribution in [0.4, 0.5) is 4.39 Å². The molecule has 1 heterocycles.